The lowest BCUT2D eigenvalue weighted by Gasteiger charge is -2.27. The molecule has 0 heterocycles. The van der Waals surface area contributed by atoms with Gasteiger partial charge in [-0.3, -0.25) is 4.58 Å². The van der Waals surface area contributed by atoms with Crippen molar-refractivity contribution in [2.75, 3.05) is 6.61 Å². The minimum atomic E-state index is -1.54. The summed E-state index contributed by atoms with van der Waals surface area (Å²) in [7, 11) is -1.54. The Hall–Kier alpha value is 0.137. The molecule has 0 spiro atoms. The topological polar surface area (TPSA) is 18.5 Å². The van der Waals surface area contributed by atoms with Crippen LogP contribution in [0.15, 0.2) is 0 Å². The maximum Gasteiger partial charge on any atom is 0.238 e. The molecule has 2 nitrogen and oxygen atoms in total. The van der Waals surface area contributed by atoms with E-state index in [1.807, 2.05) is 6.92 Å². The Bertz CT molecular complexity index is 106. The normalized spacial score (nSPS) is 16.9. The smallest absolute Gasteiger partial charge is 0.238 e. The average Bonchev–Trinajstić information content (AvgIpc) is 2.00. The van der Waals surface area contributed by atoms with E-state index >= 15 is 0 Å². The highest BCUT2D eigenvalue weighted by Crippen LogP contribution is 2.25. The third kappa shape index (κ3) is 3.36. The predicted octanol–water partition coefficient (Wildman–Crippen LogP) is 2.96. The lowest BCUT2D eigenvalue weighted by atomic mass is 10.6. The van der Waals surface area contributed by atoms with Crippen molar-refractivity contribution in [2.24, 2.45) is 0 Å². The summed E-state index contributed by atoms with van der Waals surface area (Å²) >= 11 is 0. The van der Waals surface area contributed by atoms with Crippen molar-refractivity contribution in [1.82, 2.24) is 0 Å². The molecule has 0 saturated carbocycles. The molecule has 68 valence electrons. The van der Waals surface area contributed by atoms with Gasteiger partial charge in [-0.05, 0) is 25.1 Å². The van der Waals surface area contributed by atoms with Crippen molar-refractivity contribution < 1.29 is 9.46 Å². The molecule has 0 aromatic heterocycles. The maximum absolute atomic E-state index is 5.43. The SMILES string of the molecule is CCOO[Si](C)(CC)C(C)C. The first-order valence-corrected chi connectivity index (χ1v) is 7.06. The van der Waals surface area contributed by atoms with E-state index < -0.39 is 8.32 Å². The van der Waals surface area contributed by atoms with Gasteiger partial charge in [0.25, 0.3) is 0 Å². The zero-order chi connectivity index (χ0) is 8.91. The van der Waals surface area contributed by atoms with Gasteiger partial charge in [-0.2, -0.15) is 0 Å². The molecule has 0 radical (unpaired) electrons. The van der Waals surface area contributed by atoms with Gasteiger partial charge in [0.15, 0.2) is 0 Å². The predicted molar refractivity (Wildman–Crippen MR) is 49.9 cm³/mol. The molecule has 0 aliphatic rings. The van der Waals surface area contributed by atoms with E-state index in [1.165, 1.54) is 0 Å². The largest absolute Gasteiger partial charge is 0.286 e. The summed E-state index contributed by atoms with van der Waals surface area (Å²) in [5.41, 5.74) is 0.624. The lowest BCUT2D eigenvalue weighted by Crippen LogP contribution is -2.37. The Morgan fingerprint density at radius 3 is 2.09 bits per heavy atom. The number of rotatable bonds is 5. The summed E-state index contributed by atoms with van der Waals surface area (Å²) in [6.07, 6.45) is 0. The highest BCUT2D eigenvalue weighted by molar-refractivity contribution is 6.73. The van der Waals surface area contributed by atoms with E-state index in [2.05, 4.69) is 27.3 Å². The van der Waals surface area contributed by atoms with Crippen molar-refractivity contribution in [3.8, 4) is 0 Å². The van der Waals surface area contributed by atoms with Crippen molar-refractivity contribution in [2.45, 2.75) is 45.8 Å². The zero-order valence-electron chi connectivity index (χ0n) is 8.31. The minimum absolute atomic E-state index is 0.624. The van der Waals surface area contributed by atoms with Gasteiger partial charge in [-0.1, -0.05) is 20.8 Å². The Balaban J connectivity index is 3.88. The molecule has 0 saturated heterocycles. The van der Waals surface area contributed by atoms with Crippen LogP contribution in [0.3, 0.4) is 0 Å². The molecule has 0 rings (SSSR count). The summed E-state index contributed by atoms with van der Waals surface area (Å²) in [4.78, 5) is 5.01. The number of hydrogen-bond donors (Lipinski definition) is 0. The second-order valence-electron chi connectivity index (χ2n) is 3.31. The standard InChI is InChI=1S/C8H20O2Si/c1-6-9-10-11(5,7-2)8(3)4/h8H,6-7H2,1-5H3. The van der Waals surface area contributed by atoms with Gasteiger partial charge in [0.2, 0.25) is 8.32 Å². The third-order valence-corrected chi connectivity index (χ3v) is 6.64. The van der Waals surface area contributed by atoms with Gasteiger partial charge in [0.1, 0.15) is 0 Å². The molecule has 0 N–H and O–H groups in total. The van der Waals surface area contributed by atoms with E-state index in [0.717, 1.165) is 6.04 Å². The van der Waals surface area contributed by atoms with Crippen LogP contribution in [0, 0.1) is 0 Å². The Labute approximate surface area is 71.0 Å². The molecule has 0 fully saturated rings. The van der Waals surface area contributed by atoms with E-state index in [0.29, 0.717) is 12.1 Å². The van der Waals surface area contributed by atoms with Crippen molar-refractivity contribution >= 4 is 8.32 Å². The Kier molecular flexibility index (Phi) is 4.96. The monoisotopic (exact) mass is 176 g/mol. The summed E-state index contributed by atoms with van der Waals surface area (Å²) in [5, 5.41) is 0. The fourth-order valence-corrected chi connectivity index (χ4v) is 2.27. The molecule has 3 heteroatoms. The molecule has 1 atom stereocenters. The van der Waals surface area contributed by atoms with Crippen molar-refractivity contribution in [1.29, 1.82) is 0 Å². The third-order valence-electron chi connectivity index (χ3n) is 2.29. The first kappa shape index (κ1) is 11.1. The molecule has 0 amide bonds. The Morgan fingerprint density at radius 1 is 1.27 bits per heavy atom. The molecule has 0 aromatic rings. The van der Waals surface area contributed by atoms with Crippen LogP contribution in [-0.2, 0) is 9.46 Å². The van der Waals surface area contributed by atoms with E-state index in [9.17, 15) is 0 Å². The molecule has 0 aliphatic heterocycles. The van der Waals surface area contributed by atoms with E-state index in [1.54, 1.807) is 0 Å². The van der Waals surface area contributed by atoms with Crippen molar-refractivity contribution in [3.63, 3.8) is 0 Å². The van der Waals surface area contributed by atoms with Crippen LogP contribution in [0.1, 0.15) is 27.7 Å². The number of hydrogen-bond acceptors (Lipinski definition) is 2. The average molecular weight is 176 g/mol. The first-order chi connectivity index (χ1) is 5.06. The molecule has 0 aliphatic carbocycles. The van der Waals surface area contributed by atoms with Gasteiger partial charge in [-0.15, -0.1) is 0 Å². The van der Waals surface area contributed by atoms with Crippen LogP contribution >= 0.6 is 0 Å². The van der Waals surface area contributed by atoms with E-state index in [4.69, 9.17) is 9.46 Å². The van der Waals surface area contributed by atoms with E-state index in [-0.39, 0.29) is 0 Å². The molecule has 11 heavy (non-hydrogen) atoms. The molecular formula is C8H20O2Si. The summed E-state index contributed by atoms with van der Waals surface area (Å²) in [6, 6.07) is 1.12. The summed E-state index contributed by atoms with van der Waals surface area (Å²) < 4.78 is 5.43. The van der Waals surface area contributed by atoms with Gasteiger partial charge in [0, 0.05) is 0 Å². The fourth-order valence-electron chi connectivity index (χ4n) is 0.757. The quantitative estimate of drug-likeness (QED) is 0.364. The van der Waals surface area contributed by atoms with Crippen LogP contribution in [0.5, 0.6) is 0 Å². The first-order valence-electron chi connectivity index (χ1n) is 4.37. The highest BCUT2D eigenvalue weighted by Gasteiger charge is 2.32. The van der Waals surface area contributed by atoms with Gasteiger partial charge >= 0.3 is 0 Å². The Morgan fingerprint density at radius 2 is 1.82 bits per heavy atom. The highest BCUT2D eigenvalue weighted by atomic mass is 28.4. The lowest BCUT2D eigenvalue weighted by molar-refractivity contribution is -0.215. The van der Waals surface area contributed by atoms with Crippen LogP contribution in [0.4, 0.5) is 0 Å². The zero-order valence-corrected chi connectivity index (χ0v) is 9.31. The van der Waals surface area contributed by atoms with Crippen LogP contribution in [0.25, 0.3) is 0 Å². The second-order valence-corrected chi connectivity index (χ2v) is 7.96. The van der Waals surface area contributed by atoms with Gasteiger partial charge in [-0.25, -0.2) is 4.89 Å². The second kappa shape index (κ2) is 4.90. The fraction of sp³-hybridized carbons (Fsp3) is 1.00. The minimum Gasteiger partial charge on any atom is -0.286 e. The van der Waals surface area contributed by atoms with Crippen molar-refractivity contribution in [3.05, 3.63) is 0 Å². The summed E-state index contributed by atoms with van der Waals surface area (Å²) in [6.45, 7) is 11.4. The van der Waals surface area contributed by atoms with Crippen LogP contribution < -0.4 is 0 Å². The van der Waals surface area contributed by atoms with Gasteiger partial charge < -0.3 is 0 Å². The van der Waals surface area contributed by atoms with Crippen LogP contribution in [0.2, 0.25) is 18.1 Å². The molecule has 0 bridgehead atoms. The molecule has 0 aromatic carbocycles. The summed E-state index contributed by atoms with van der Waals surface area (Å²) in [5.74, 6) is 0. The van der Waals surface area contributed by atoms with Crippen LogP contribution in [-0.4, -0.2) is 14.9 Å². The maximum atomic E-state index is 5.43. The van der Waals surface area contributed by atoms with Gasteiger partial charge in [0.05, 0.1) is 6.61 Å². The molecular weight excluding hydrogens is 156 g/mol. The molecule has 1 unspecified atom stereocenters.